The number of halogens is 3. The largest absolute Gasteiger partial charge is 0.436 e. The van der Waals surface area contributed by atoms with E-state index in [4.69, 9.17) is 16.3 Å². The molecule has 0 amide bonds. The number of hydrogen-bond donors (Lipinski definition) is 1. The summed E-state index contributed by atoms with van der Waals surface area (Å²) in [5.41, 5.74) is 0. The molecule has 1 heterocycles. The lowest BCUT2D eigenvalue weighted by atomic mass is 10.3. The summed E-state index contributed by atoms with van der Waals surface area (Å²) in [7, 11) is 0. The normalized spacial score (nSPS) is 10.3. The fourth-order valence-electron chi connectivity index (χ4n) is 1.32. The zero-order valence-electron chi connectivity index (χ0n) is 9.95. The highest BCUT2D eigenvalue weighted by Crippen LogP contribution is 2.26. The SMILES string of the molecule is CCNc1ncc(F)c(Oc2ccc(Cl)c(F)c2)n1. The first kappa shape index (κ1) is 13.5. The smallest absolute Gasteiger partial charge is 0.260 e. The molecule has 100 valence electrons. The molecule has 0 spiro atoms. The van der Waals surface area contributed by atoms with E-state index in [1.807, 2.05) is 6.92 Å². The summed E-state index contributed by atoms with van der Waals surface area (Å²) >= 11 is 5.54. The van der Waals surface area contributed by atoms with Gasteiger partial charge in [0.1, 0.15) is 11.6 Å². The van der Waals surface area contributed by atoms with E-state index in [1.165, 1.54) is 12.1 Å². The van der Waals surface area contributed by atoms with Gasteiger partial charge in [-0.1, -0.05) is 11.6 Å². The second-order valence-electron chi connectivity index (χ2n) is 3.56. The molecule has 7 heteroatoms. The molecule has 2 rings (SSSR count). The summed E-state index contributed by atoms with van der Waals surface area (Å²) in [5, 5.41) is 2.78. The minimum Gasteiger partial charge on any atom is -0.436 e. The Labute approximate surface area is 113 Å². The summed E-state index contributed by atoms with van der Waals surface area (Å²) in [5.74, 6) is -1.35. The highest BCUT2D eigenvalue weighted by molar-refractivity contribution is 6.30. The van der Waals surface area contributed by atoms with Crippen LogP contribution in [0.25, 0.3) is 0 Å². The molecule has 0 atom stereocenters. The molecular formula is C12H10ClF2N3O. The second-order valence-corrected chi connectivity index (χ2v) is 3.96. The van der Waals surface area contributed by atoms with Gasteiger partial charge in [-0.15, -0.1) is 0 Å². The fraction of sp³-hybridized carbons (Fsp3) is 0.167. The number of anilines is 1. The van der Waals surface area contributed by atoms with E-state index < -0.39 is 11.6 Å². The van der Waals surface area contributed by atoms with Crippen LogP contribution in [-0.4, -0.2) is 16.5 Å². The van der Waals surface area contributed by atoms with Gasteiger partial charge in [0, 0.05) is 12.6 Å². The Morgan fingerprint density at radius 3 is 2.79 bits per heavy atom. The monoisotopic (exact) mass is 285 g/mol. The molecule has 2 aromatic rings. The number of benzene rings is 1. The zero-order chi connectivity index (χ0) is 13.8. The molecule has 0 saturated heterocycles. The van der Waals surface area contributed by atoms with Gasteiger partial charge >= 0.3 is 0 Å². The van der Waals surface area contributed by atoms with E-state index in [0.717, 1.165) is 12.3 Å². The van der Waals surface area contributed by atoms with Crippen LogP contribution in [0.4, 0.5) is 14.7 Å². The third-order valence-electron chi connectivity index (χ3n) is 2.15. The summed E-state index contributed by atoms with van der Waals surface area (Å²) in [6.45, 7) is 2.43. The third kappa shape index (κ3) is 3.29. The highest BCUT2D eigenvalue weighted by atomic mass is 35.5. The Balaban J connectivity index is 2.26. The van der Waals surface area contributed by atoms with Crippen molar-refractivity contribution in [1.29, 1.82) is 0 Å². The summed E-state index contributed by atoms with van der Waals surface area (Å²) < 4.78 is 31.9. The molecule has 1 N–H and O–H groups in total. The summed E-state index contributed by atoms with van der Waals surface area (Å²) in [4.78, 5) is 7.56. The van der Waals surface area contributed by atoms with Gasteiger partial charge in [-0.3, -0.25) is 0 Å². The minimum absolute atomic E-state index is 0.0381. The molecule has 0 fully saturated rings. The van der Waals surface area contributed by atoms with Crippen molar-refractivity contribution in [3.8, 4) is 11.6 Å². The molecule has 19 heavy (non-hydrogen) atoms. The molecule has 4 nitrogen and oxygen atoms in total. The van der Waals surface area contributed by atoms with Crippen LogP contribution in [0, 0.1) is 11.6 Å². The third-order valence-corrected chi connectivity index (χ3v) is 2.46. The maximum atomic E-state index is 13.5. The van der Waals surface area contributed by atoms with Crippen LogP contribution >= 0.6 is 11.6 Å². The van der Waals surface area contributed by atoms with Crippen LogP contribution in [0.3, 0.4) is 0 Å². The Kier molecular flexibility index (Phi) is 4.11. The molecule has 0 radical (unpaired) electrons. The number of aromatic nitrogens is 2. The van der Waals surface area contributed by atoms with Gasteiger partial charge < -0.3 is 10.1 Å². The van der Waals surface area contributed by atoms with Crippen molar-refractivity contribution in [3.63, 3.8) is 0 Å². The van der Waals surface area contributed by atoms with E-state index in [1.54, 1.807) is 0 Å². The number of nitrogens with one attached hydrogen (secondary N) is 1. The van der Waals surface area contributed by atoms with Crippen LogP contribution in [-0.2, 0) is 0 Å². The van der Waals surface area contributed by atoms with Crippen molar-refractivity contribution >= 4 is 17.5 Å². The molecule has 1 aromatic carbocycles. The predicted molar refractivity (Wildman–Crippen MR) is 67.6 cm³/mol. The van der Waals surface area contributed by atoms with E-state index in [0.29, 0.717) is 6.54 Å². The van der Waals surface area contributed by atoms with Crippen LogP contribution in [0.15, 0.2) is 24.4 Å². The minimum atomic E-state index is -0.739. The van der Waals surface area contributed by atoms with Gasteiger partial charge in [-0.25, -0.2) is 9.37 Å². The Hall–Kier alpha value is -1.95. The standard InChI is InChI=1S/C12H10ClF2N3O/c1-2-16-12-17-6-10(15)11(18-12)19-7-3-4-8(13)9(14)5-7/h3-6H,2H2,1H3,(H,16,17,18). The van der Waals surface area contributed by atoms with Crippen molar-refractivity contribution in [2.45, 2.75) is 6.92 Å². The topological polar surface area (TPSA) is 47.0 Å². The van der Waals surface area contributed by atoms with Gasteiger partial charge in [0.15, 0.2) is 0 Å². The highest BCUT2D eigenvalue weighted by Gasteiger charge is 2.10. The number of rotatable bonds is 4. The van der Waals surface area contributed by atoms with Gasteiger partial charge in [0.2, 0.25) is 11.8 Å². The van der Waals surface area contributed by atoms with Crippen molar-refractivity contribution in [3.05, 3.63) is 41.1 Å². The Morgan fingerprint density at radius 1 is 1.32 bits per heavy atom. The van der Waals surface area contributed by atoms with E-state index in [2.05, 4.69) is 15.3 Å². The maximum Gasteiger partial charge on any atom is 0.260 e. The first-order valence-corrected chi connectivity index (χ1v) is 5.87. The van der Waals surface area contributed by atoms with Crippen LogP contribution in [0.1, 0.15) is 6.92 Å². The molecule has 0 unspecified atom stereocenters. The number of hydrogen-bond acceptors (Lipinski definition) is 4. The zero-order valence-corrected chi connectivity index (χ0v) is 10.7. The van der Waals surface area contributed by atoms with Crippen LogP contribution in [0.2, 0.25) is 5.02 Å². The van der Waals surface area contributed by atoms with Crippen molar-refractivity contribution in [2.24, 2.45) is 0 Å². The van der Waals surface area contributed by atoms with Gasteiger partial charge in [0.05, 0.1) is 11.2 Å². The lowest BCUT2D eigenvalue weighted by Gasteiger charge is -2.08. The Bertz CT molecular complexity index is 595. The first-order chi connectivity index (χ1) is 9.10. The molecule has 0 aliphatic rings. The van der Waals surface area contributed by atoms with Gasteiger partial charge in [-0.2, -0.15) is 9.37 Å². The number of ether oxygens (including phenoxy) is 1. The average molecular weight is 286 g/mol. The average Bonchev–Trinajstić information content (AvgIpc) is 2.38. The Morgan fingerprint density at radius 2 is 2.11 bits per heavy atom. The van der Waals surface area contributed by atoms with Crippen LogP contribution in [0.5, 0.6) is 11.6 Å². The maximum absolute atomic E-state index is 13.5. The second kappa shape index (κ2) is 5.79. The molecular weight excluding hydrogens is 276 g/mol. The summed E-state index contributed by atoms with van der Waals surface area (Å²) in [6, 6.07) is 3.78. The van der Waals surface area contributed by atoms with E-state index in [9.17, 15) is 8.78 Å². The predicted octanol–water partition coefficient (Wildman–Crippen LogP) is 3.63. The molecule has 0 bridgehead atoms. The lowest BCUT2D eigenvalue weighted by Crippen LogP contribution is -2.04. The van der Waals surface area contributed by atoms with Crippen LogP contribution < -0.4 is 10.1 Å². The quantitative estimate of drug-likeness (QED) is 0.932. The molecule has 0 aliphatic heterocycles. The van der Waals surface area contributed by atoms with Gasteiger partial charge in [-0.05, 0) is 19.1 Å². The molecule has 0 aliphatic carbocycles. The van der Waals surface area contributed by atoms with Gasteiger partial charge in [0.25, 0.3) is 5.88 Å². The van der Waals surface area contributed by atoms with E-state index in [-0.39, 0.29) is 22.6 Å². The van der Waals surface area contributed by atoms with Crippen molar-refractivity contribution in [2.75, 3.05) is 11.9 Å². The summed E-state index contributed by atoms with van der Waals surface area (Å²) in [6.07, 6.45) is 0.979. The van der Waals surface area contributed by atoms with Crippen molar-refractivity contribution < 1.29 is 13.5 Å². The van der Waals surface area contributed by atoms with E-state index >= 15 is 0 Å². The fourth-order valence-corrected chi connectivity index (χ4v) is 1.44. The molecule has 1 aromatic heterocycles. The van der Waals surface area contributed by atoms with Crippen molar-refractivity contribution in [1.82, 2.24) is 9.97 Å². The number of nitrogens with zero attached hydrogens (tertiary/aromatic N) is 2. The lowest BCUT2D eigenvalue weighted by molar-refractivity contribution is 0.418. The first-order valence-electron chi connectivity index (χ1n) is 5.49. The molecule has 0 saturated carbocycles.